The lowest BCUT2D eigenvalue weighted by Gasteiger charge is -1.95. The van der Waals surface area contributed by atoms with Gasteiger partial charge in [0.25, 0.3) is 0 Å². The minimum absolute atomic E-state index is 0.441. The number of nitrogens with one attached hydrogen (secondary N) is 1. The summed E-state index contributed by atoms with van der Waals surface area (Å²) in [6.45, 7) is 0.598. The monoisotopic (exact) mass is 261 g/mol. The van der Waals surface area contributed by atoms with Crippen molar-refractivity contribution in [3.05, 3.63) is 39.1 Å². The topological polar surface area (TPSA) is 84.9 Å². The van der Waals surface area contributed by atoms with E-state index in [9.17, 15) is 4.79 Å². The number of aromatic amines is 1. The molecular weight excluding hydrogens is 250 g/mol. The highest BCUT2D eigenvalue weighted by Crippen LogP contribution is 2.24. The van der Waals surface area contributed by atoms with Gasteiger partial charge in [-0.1, -0.05) is 0 Å². The van der Waals surface area contributed by atoms with Crippen molar-refractivity contribution in [3.8, 4) is 11.3 Å². The maximum Gasteiger partial charge on any atom is 0.417 e. The maximum atomic E-state index is 11.1. The molecule has 0 radical (unpaired) electrons. The molecule has 3 aromatic rings. The van der Waals surface area contributed by atoms with E-state index >= 15 is 0 Å². The van der Waals surface area contributed by atoms with Gasteiger partial charge in [-0.2, -0.15) is 0 Å². The van der Waals surface area contributed by atoms with Crippen molar-refractivity contribution in [1.29, 1.82) is 0 Å². The quantitative estimate of drug-likeness (QED) is 0.752. The number of benzene rings is 1. The Balaban J connectivity index is 2.04. The zero-order valence-corrected chi connectivity index (χ0v) is 10.3. The second-order valence-electron chi connectivity index (χ2n) is 3.89. The lowest BCUT2D eigenvalue weighted by molar-refractivity contribution is 0.555. The highest BCUT2D eigenvalue weighted by atomic mass is 32.1. The Morgan fingerprint density at radius 3 is 3.17 bits per heavy atom. The third-order valence-corrected chi connectivity index (χ3v) is 3.53. The first-order chi connectivity index (χ1) is 8.76. The van der Waals surface area contributed by atoms with Gasteiger partial charge in [-0.05, 0) is 24.7 Å². The Labute approximate surface area is 106 Å². The summed E-state index contributed by atoms with van der Waals surface area (Å²) < 4.78 is 4.96. The van der Waals surface area contributed by atoms with E-state index in [4.69, 9.17) is 10.2 Å². The van der Waals surface area contributed by atoms with Crippen LogP contribution in [-0.2, 0) is 6.42 Å². The van der Waals surface area contributed by atoms with Gasteiger partial charge in [0.1, 0.15) is 0 Å². The molecule has 0 aliphatic rings. The molecule has 2 aromatic heterocycles. The van der Waals surface area contributed by atoms with E-state index in [1.807, 2.05) is 17.5 Å². The van der Waals surface area contributed by atoms with Crippen molar-refractivity contribution >= 4 is 22.4 Å². The average Bonchev–Trinajstić information content (AvgIpc) is 2.93. The molecule has 3 rings (SSSR count). The summed E-state index contributed by atoms with van der Waals surface area (Å²) >= 11 is 1.59. The number of nitrogens with zero attached hydrogens (tertiary/aromatic N) is 1. The van der Waals surface area contributed by atoms with Crippen molar-refractivity contribution < 1.29 is 4.42 Å². The van der Waals surface area contributed by atoms with E-state index in [2.05, 4.69) is 9.97 Å². The van der Waals surface area contributed by atoms with E-state index in [1.54, 1.807) is 17.4 Å². The fraction of sp³-hybridized carbons (Fsp3) is 0.167. The normalized spacial score (nSPS) is 11.2. The Bertz CT molecular complexity index is 741. The third-order valence-electron chi connectivity index (χ3n) is 2.62. The lowest BCUT2D eigenvalue weighted by atomic mass is 10.1. The van der Waals surface area contributed by atoms with Crippen LogP contribution in [0, 0.1) is 0 Å². The Morgan fingerprint density at radius 2 is 2.33 bits per heavy atom. The molecule has 5 nitrogen and oxygen atoms in total. The molecule has 0 amide bonds. The van der Waals surface area contributed by atoms with Gasteiger partial charge < -0.3 is 10.2 Å². The second kappa shape index (κ2) is 4.40. The molecule has 0 spiro atoms. The smallest absolute Gasteiger partial charge is 0.408 e. The van der Waals surface area contributed by atoms with Gasteiger partial charge in [-0.15, -0.1) is 11.3 Å². The van der Waals surface area contributed by atoms with Crippen LogP contribution in [0.1, 0.15) is 5.01 Å². The van der Waals surface area contributed by atoms with Gasteiger partial charge in [0, 0.05) is 17.4 Å². The molecule has 0 atom stereocenters. The van der Waals surface area contributed by atoms with E-state index in [-0.39, 0.29) is 0 Å². The molecule has 0 aliphatic heterocycles. The molecule has 6 heteroatoms. The van der Waals surface area contributed by atoms with Crippen LogP contribution in [0.15, 0.2) is 32.8 Å². The zero-order valence-electron chi connectivity index (χ0n) is 9.47. The van der Waals surface area contributed by atoms with Gasteiger partial charge in [-0.3, -0.25) is 4.98 Å². The minimum Gasteiger partial charge on any atom is -0.408 e. The minimum atomic E-state index is -0.441. The van der Waals surface area contributed by atoms with Gasteiger partial charge in [0.05, 0.1) is 16.2 Å². The largest absolute Gasteiger partial charge is 0.417 e. The standard InChI is InChI=1S/C12H11N3O2S/c13-4-3-11-14-9(6-18-11)7-1-2-10-8(5-7)15-12(16)17-10/h1-2,5-6H,3-4,13H2,(H,15,16). The Kier molecular flexibility index (Phi) is 2.73. The van der Waals surface area contributed by atoms with Crippen LogP contribution >= 0.6 is 11.3 Å². The number of aromatic nitrogens is 2. The molecule has 2 heterocycles. The molecule has 0 unspecified atom stereocenters. The number of hydrogen-bond donors (Lipinski definition) is 2. The number of H-pyrrole nitrogens is 1. The summed E-state index contributed by atoms with van der Waals surface area (Å²) in [5, 5.41) is 3.01. The Morgan fingerprint density at radius 1 is 1.44 bits per heavy atom. The van der Waals surface area contributed by atoms with E-state index in [1.165, 1.54) is 0 Å². The molecule has 1 aromatic carbocycles. The van der Waals surface area contributed by atoms with E-state index < -0.39 is 5.76 Å². The van der Waals surface area contributed by atoms with Crippen LogP contribution in [-0.4, -0.2) is 16.5 Å². The molecular formula is C12H11N3O2S. The number of fused-ring (bicyclic) bond motifs is 1. The Hall–Kier alpha value is -1.92. The molecule has 0 fully saturated rings. The van der Waals surface area contributed by atoms with Crippen molar-refractivity contribution in [2.45, 2.75) is 6.42 Å². The van der Waals surface area contributed by atoms with E-state index in [0.29, 0.717) is 17.6 Å². The summed E-state index contributed by atoms with van der Waals surface area (Å²) in [7, 11) is 0. The van der Waals surface area contributed by atoms with Crippen molar-refractivity contribution in [2.24, 2.45) is 5.73 Å². The predicted octanol–water partition coefficient (Wildman–Crippen LogP) is 1.75. The summed E-state index contributed by atoms with van der Waals surface area (Å²) in [5.74, 6) is -0.441. The number of oxazole rings is 1. The molecule has 0 saturated carbocycles. The fourth-order valence-electron chi connectivity index (χ4n) is 1.79. The molecule has 0 bridgehead atoms. The predicted molar refractivity (Wildman–Crippen MR) is 70.7 cm³/mol. The summed E-state index contributed by atoms with van der Waals surface area (Å²) in [6, 6.07) is 5.52. The summed E-state index contributed by atoms with van der Waals surface area (Å²) in [4.78, 5) is 18.2. The van der Waals surface area contributed by atoms with Crippen LogP contribution in [0.2, 0.25) is 0 Å². The average molecular weight is 261 g/mol. The van der Waals surface area contributed by atoms with Crippen LogP contribution in [0.4, 0.5) is 0 Å². The summed E-state index contributed by atoms with van der Waals surface area (Å²) in [5.41, 5.74) is 8.60. The number of rotatable bonds is 3. The van der Waals surface area contributed by atoms with Crippen LogP contribution in [0.3, 0.4) is 0 Å². The second-order valence-corrected chi connectivity index (χ2v) is 4.83. The van der Waals surface area contributed by atoms with Gasteiger partial charge in [0.2, 0.25) is 0 Å². The lowest BCUT2D eigenvalue weighted by Crippen LogP contribution is -2.01. The number of hydrogen-bond acceptors (Lipinski definition) is 5. The zero-order chi connectivity index (χ0) is 12.5. The third kappa shape index (κ3) is 1.96. The van der Waals surface area contributed by atoms with Crippen molar-refractivity contribution in [3.63, 3.8) is 0 Å². The molecule has 92 valence electrons. The van der Waals surface area contributed by atoms with Crippen LogP contribution in [0.5, 0.6) is 0 Å². The van der Waals surface area contributed by atoms with E-state index in [0.717, 1.165) is 22.7 Å². The van der Waals surface area contributed by atoms with Gasteiger partial charge in [-0.25, -0.2) is 9.78 Å². The highest BCUT2D eigenvalue weighted by molar-refractivity contribution is 7.09. The molecule has 18 heavy (non-hydrogen) atoms. The molecule has 0 aliphatic carbocycles. The summed E-state index contributed by atoms with van der Waals surface area (Å²) in [6.07, 6.45) is 0.787. The first-order valence-corrected chi connectivity index (χ1v) is 6.42. The first kappa shape index (κ1) is 11.2. The highest BCUT2D eigenvalue weighted by Gasteiger charge is 2.07. The first-order valence-electron chi connectivity index (χ1n) is 5.54. The van der Waals surface area contributed by atoms with Crippen LogP contribution < -0.4 is 11.5 Å². The van der Waals surface area contributed by atoms with Crippen molar-refractivity contribution in [2.75, 3.05) is 6.54 Å². The maximum absolute atomic E-state index is 11.1. The number of nitrogens with two attached hydrogens (primary N) is 1. The molecule has 0 saturated heterocycles. The van der Waals surface area contributed by atoms with Gasteiger partial charge in [0.15, 0.2) is 5.58 Å². The van der Waals surface area contributed by atoms with Crippen LogP contribution in [0.25, 0.3) is 22.4 Å². The van der Waals surface area contributed by atoms with Crippen molar-refractivity contribution in [1.82, 2.24) is 9.97 Å². The SMILES string of the molecule is NCCc1nc(-c2ccc3oc(=O)[nH]c3c2)cs1. The molecule has 3 N–H and O–H groups in total. The van der Waals surface area contributed by atoms with Gasteiger partial charge >= 0.3 is 5.76 Å². The fourth-order valence-corrected chi connectivity index (χ4v) is 2.62. The number of thiazole rings is 1.